The largest absolute Gasteiger partial charge is 0.293 e. The van der Waals surface area contributed by atoms with Crippen molar-refractivity contribution in [2.75, 3.05) is 6.54 Å². The van der Waals surface area contributed by atoms with Crippen LogP contribution in [-0.2, 0) is 32.5 Å². The van der Waals surface area contributed by atoms with Crippen LogP contribution in [0.4, 0.5) is 0 Å². The first-order chi connectivity index (χ1) is 14.0. The first kappa shape index (κ1) is 19.9. The Morgan fingerprint density at radius 3 is 2.31 bits per heavy atom. The molecule has 0 radical (unpaired) electrons. The maximum atomic E-state index is 5.12. The fourth-order valence-electron chi connectivity index (χ4n) is 5.00. The molecule has 3 heteroatoms. The van der Waals surface area contributed by atoms with E-state index in [2.05, 4.69) is 80.6 Å². The third-order valence-corrected chi connectivity index (χ3v) is 6.32. The van der Waals surface area contributed by atoms with E-state index in [-0.39, 0.29) is 0 Å². The monoisotopic (exact) mass is 387 g/mol. The van der Waals surface area contributed by atoms with Gasteiger partial charge in [0.15, 0.2) is 0 Å². The maximum absolute atomic E-state index is 5.12. The van der Waals surface area contributed by atoms with Gasteiger partial charge in [0.1, 0.15) is 0 Å². The SMILES string of the molecule is CCc1c(-c2c(C)cc(C)cc2C)nn(CC)c1CN1CCc2ccccc2C1. The summed E-state index contributed by atoms with van der Waals surface area (Å²) in [5.41, 5.74) is 12.3. The van der Waals surface area contributed by atoms with E-state index in [1.165, 1.54) is 50.3 Å². The van der Waals surface area contributed by atoms with Crippen molar-refractivity contribution < 1.29 is 0 Å². The number of hydrogen-bond acceptors (Lipinski definition) is 2. The minimum atomic E-state index is 0.913. The van der Waals surface area contributed by atoms with Crippen LogP contribution in [0.5, 0.6) is 0 Å². The molecule has 152 valence electrons. The molecule has 1 aliphatic heterocycles. The van der Waals surface area contributed by atoms with Gasteiger partial charge in [-0.15, -0.1) is 0 Å². The number of benzene rings is 2. The van der Waals surface area contributed by atoms with Crippen LogP contribution in [0.1, 0.15) is 52.9 Å². The molecule has 0 unspecified atom stereocenters. The summed E-state index contributed by atoms with van der Waals surface area (Å²) in [6.07, 6.45) is 2.16. The van der Waals surface area contributed by atoms with Crippen molar-refractivity contribution in [2.45, 2.75) is 67.1 Å². The molecule has 0 amide bonds. The molecule has 0 bridgehead atoms. The highest BCUT2D eigenvalue weighted by Crippen LogP contribution is 2.33. The zero-order valence-corrected chi connectivity index (χ0v) is 18.5. The van der Waals surface area contributed by atoms with Crippen molar-refractivity contribution in [1.29, 1.82) is 0 Å². The highest BCUT2D eigenvalue weighted by molar-refractivity contribution is 5.71. The average molecular weight is 388 g/mol. The number of nitrogens with zero attached hydrogens (tertiary/aromatic N) is 3. The van der Waals surface area contributed by atoms with Crippen molar-refractivity contribution in [3.05, 3.63) is 75.5 Å². The lowest BCUT2D eigenvalue weighted by atomic mass is 9.93. The molecule has 4 rings (SSSR count). The second-order valence-corrected chi connectivity index (χ2v) is 8.45. The third kappa shape index (κ3) is 3.76. The molecular formula is C26H33N3. The minimum absolute atomic E-state index is 0.913. The summed E-state index contributed by atoms with van der Waals surface area (Å²) in [6.45, 7) is 15.1. The van der Waals surface area contributed by atoms with Gasteiger partial charge in [-0.1, -0.05) is 48.9 Å². The van der Waals surface area contributed by atoms with E-state index in [0.29, 0.717) is 0 Å². The van der Waals surface area contributed by atoms with Crippen LogP contribution in [0.2, 0.25) is 0 Å². The van der Waals surface area contributed by atoms with Crippen LogP contribution < -0.4 is 0 Å². The van der Waals surface area contributed by atoms with Crippen molar-refractivity contribution in [3.63, 3.8) is 0 Å². The van der Waals surface area contributed by atoms with Crippen molar-refractivity contribution in [1.82, 2.24) is 14.7 Å². The van der Waals surface area contributed by atoms with Gasteiger partial charge in [-0.25, -0.2) is 0 Å². The highest BCUT2D eigenvalue weighted by Gasteiger charge is 2.23. The Bertz CT molecular complexity index is 1010. The summed E-state index contributed by atoms with van der Waals surface area (Å²) in [7, 11) is 0. The highest BCUT2D eigenvalue weighted by atomic mass is 15.3. The van der Waals surface area contributed by atoms with E-state index < -0.39 is 0 Å². The first-order valence-electron chi connectivity index (χ1n) is 11.0. The van der Waals surface area contributed by atoms with Gasteiger partial charge in [0.05, 0.1) is 11.4 Å². The Kier molecular flexibility index (Phi) is 5.60. The first-order valence-corrected chi connectivity index (χ1v) is 11.0. The molecule has 2 aromatic carbocycles. The Balaban J connectivity index is 1.72. The van der Waals surface area contributed by atoms with E-state index in [1.807, 2.05) is 0 Å². The zero-order valence-electron chi connectivity index (χ0n) is 18.5. The van der Waals surface area contributed by atoms with Gasteiger partial charge in [0.2, 0.25) is 0 Å². The molecule has 0 fully saturated rings. The molecule has 3 aromatic rings. The second-order valence-electron chi connectivity index (χ2n) is 8.45. The van der Waals surface area contributed by atoms with Gasteiger partial charge in [-0.3, -0.25) is 9.58 Å². The molecule has 1 aromatic heterocycles. The Hall–Kier alpha value is -2.39. The van der Waals surface area contributed by atoms with Crippen LogP contribution in [0, 0.1) is 20.8 Å². The summed E-state index contributed by atoms with van der Waals surface area (Å²) in [4.78, 5) is 2.59. The molecular weight excluding hydrogens is 354 g/mol. The molecule has 0 saturated heterocycles. The Morgan fingerprint density at radius 2 is 1.66 bits per heavy atom. The summed E-state index contributed by atoms with van der Waals surface area (Å²) in [5, 5.41) is 5.12. The molecule has 0 spiro atoms. The lowest BCUT2D eigenvalue weighted by Crippen LogP contribution is -2.31. The van der Waals surface area contributed by atoms with Crippen molar-refractivity contribution in [3.8, 4) is 11.3 Å². The minimum Gasteiger partial charge on any atom is -0.293 e. The number of rotatable bonds is 5. The molecule has 0 atom stereocenters. The molecule has 0 saturated carbocycles. The molecule has 0 aliphatic carbocycles. The fraction of sp³-hybridized carbons (Fsp3) is 0.423. The molecule has 3 nitrogen and oxygen atoms in total. The van der Waals surface area contributed by atoms with Crippen LogP contribution in [0.3, 0.4) is 0 Å². The zero-order chi connectivity index (χ0) is 20.5. The maximum Gasteiger partial charge on any atom is 0.0963 e. The van der Waals surface area contributed by atoms with Gasteiger partial charge in [-0.05, 0) is 62.8 Å². The second kappa shape index (κ2) is 8.16. The quantitative estimate of drug-likeness (QED) is 0.567. The predicted molar refractivity (Wildman–Crippen MR) is 121 cm³/mol. The molecule has 1 aliphatic rings. The number of fused-ring (bicyclic) bond motifs is 1. The van der Waals surface area contributed by atoms with Crippen LogP contribution in [0.25, 0.3) is 11.3 Å². The van der Waals surface area contributed by atoms with Gasteiger partial charge in [-0.2, -0.15) is 5.10 Å². The van der Waals surface area contributed by atoms with Crippen LogP contribution in [0.15, 0.2) is 36.4 Å². The van der Waals surface area contributed by atoms with Crippen molar-refractivity contribution >= 4 is 0 Å². The van der Waals surface area contributed by atoms with E-state index in [1.54, 1.807) is 0 Å². The number of aromatic nitrogens is 2. The molecule has 2 heterocycles. The third-order valence-electron chi connectivity index (χ3n) is 6.32. The van der Waals surface area contributed by atoms with E-state index in [9.17, 15) is 0 Å². The normalized spacial score (nSPS) is 14.2. The van der Waals surface area contributed by atoms with Crippen LogP contribution in [-0.4, -0.2) is 21.2 Å². The summed E-state index contributed by atoms with van der Waals surface area (Å²) in [5.74, 6) is 0. The van der Waals surface area contributed by atoms with Gasteiger partial charge < -0.3 is 0 Å². The fourth-order valence-corrected chi connectivity index (χ4v) is 5.00. The Morgan fingerprint density at radius 1 is 0.966 bits per heavy atom. The number of hydrogen-bond donors (Lipinski definition) is 0. The van der Waals surface area contributed by atoms with Gasteiger partial charge >= 0.3 is 0 Å². The van der Waals surface area contributed by atoms with Gasteiger partial charge in [0, 0.05) is 37.3 Å². The van der Waals surface area contributed by atoms with E-state index in [4.69, 9.17) is 5.10 Å². The lowest BCUT2D eigenvalue weighted by molar-refractivity contribution is 0.237. The average Bonchev–Trinajstić information content (AvgIpc) is 3.04. The molecule has 29 heavy (non-hydrogen) atoms. The molecule has 0 N–H and O–H groups in total. The standard InChI is InChI=1S/C26H33N3/c1-6-23-24(17-28-13-12-21-10-8-9-11-22(21)16-28)29(7-2)27-26(23)25-19(4)14-18(3)15-20(25)5/h8-11,14-15H,6-7,12-13,16-17H2,1-5H3. The summed E-state index contributed by atoms with van der Waals surface area (Å²) in [6, 6.07) is 13.5. The topological polar surface area (TPSA) is 21.1 Å². The van der Waals surface area contributed by atoms with E-state index >= 15 is 0 Å². The predicted octanol–water partition coefficient (Wildman–Crippen LogP) is 5.62. The van der Waals surface area contributed by atoms with E-state index in [0.717, 1.165) is 39.0 Å². The number of aryl methyl sites for hydroxylation is 4. The van der Waals surface area contributed by atoms with Gasteiger partial charge in [0.25, 0.3) is 0 Å². The van der Waals surface area contributed by atoms with Crippen molar-refractivity contribution in [2.24, 2.45) is 0 Å². The Labute approximate surface area is 175 Å². The summed E-state index contributed by atoms with van der Waals surface area (Å²) < 4.78 is 2.24. The summed E-state index contributed by atoms with van der Waals surface area (Å²) >= 11 is 0. The smallest absolute Gasteiger partial charge is 0.0963 e. The lowest BCUT2D eigenvalue weighted by Gasteiger charge is -2.29. The van der Waals surface area contributed by atoms with Crippen LogP contribution >= 0.6 is 0 Å².